The molecule has 0 saturated carbocycles. The standard InChI is InChI=1S/C20H21FN2O2/c21-16-9-6-10-17(13-16)22-19(25)20(12-5-4-11-18(24)23-20)14-15-7-2-1-3-8-15/h1-3,6-10,13H,4-5,11-12,14H2,(H,22,25)(H,23,24). The molecule has 5 heteroatoms. The first-order chi connectivity index (χ1) is 12.1. The van der Waals surface area contributed by atoms with Crippen molar-refractivity contribution in [2.45, 2.75) is 37.6 Å². The summed E-state index contributed by atoms with van der Waals surface area (Å²) in [6.45, 7) is 0. The first kappa shape index (κ1) is 17.1. The van der Waals surface area contributed by atoms with E-state index in [1.165, 1.54) is 12.1 Å². The average molecular weight is 340 g/mol. The molecular formula is C20H21FN2O2. The minimum atomic E-state index is -1.03. The number of carbonyl (C=O) groups is 2. The molecule has 1 fully saturated rings. The molecule has 2 N–H and O–H groups in total. The molecule has 3 rings (SSSR count). The number of nitrogens with one attached hydrogen (secondary N) is 2. The van der Waals surface area contributed by atoms with Crippen molar-refractivity contribution in [3.05, 3.63) is 66.0 Å². The smallest absolute Gasteiger partial charge is 0.250 e. The number of amides is 2. The predicted octanol–water partition coefficient (Wildman–Crippen LogP) is 3.44. The highest BCUT2D eigenvalue weighted by Gasteiger charge is 2.40. The normalized spacial score (nSPS) is 20.4. The number of halogens is 1. The van der Waals surface area contributed by atoms with Gasteiger partial charge in [0.2, 0.25) is 11.8 Å². The summed E-state index contributed by atoms with van der Waals surface area (Å²) in [5.74, 6) is -0.847. The van der Waals surface area contributed by atoms with Gasteiger partial charge in [-0.3, -0.25) is 9.59 Å². The third kappa shape index (κ3) is 4.24. The van der Waals surface area contributed by atoms with Gasteiger partial charge in [-0.25, -0.2) is 4.39 Å². The van der Waals surface area contributed by atoms with Gasteiger partial charge in [0, 0.05) is 18.5 Å². The van der Waals surface area contributed by atoms with Crippen LogP contribution >= 0.6 is 0 Å². The highest BCUT2D eigenvalue weighted by atomic mass is 19.1. The third-order valence-corrected chi connectivity index (χ3v) is 4.50. The van der Waals surface area contributed by atoms with Crippen molar-refractivity contribution in [3.8, 4) is 0 Å². The van der Waals surface area contributed by atoms with E-state index in [1.807, 2.05) is 30.3 Å². The molecule has 2 amide bonds. The maximum Gasteiger partial charge on any atom is 0.250 e. The molecule has 4 nitrogen and oxygen atoms in total. The lowest BCUT2D eigenvalue weighted by Crippen LogP contribution is -2.57. The second-order valence-electron chi connectivity index (χ2n) is 6.46. The van der Waals surface area contributed by atoms with Gasteiger partial charge in [-0.1, -0.05) is 42.8 Å². The minimum absolute atomic E-state index is 0.122. The zero-order chi connectivity index (χ0) is 17.7. The molecule has 2 aromatic rings. The van der Waals surface area contributed by atoms with Gasteiger partial charge in [-0.2, -0.15) is 0 Å². The van der Waals surface area contributed by atoms with Gasteiger partial charge in [0.1, 0.15) is 11.4 Å². The van der Waals surface area contributed by atoms with Crippen LogP contribution in [0.4, 0.5) is 10.1 Å². The Kier molecular flexibility index (Phi) is 5.12. The summed E-state index contributed by atoms with van der Waals surface area (Å²) in [6.07, 6.45) is 2.91. The van der Waals surface area contributed by atoms with E-state index in [1.54, 1.807) is 12.1 Å². The first-order valence-electron chi connectivity index (χ1n) is 8.49. The number of benzene rings is 2. The van der Waals surface area contributed by atoms with Crippen LogP contribution in [0.25, 0.3) is 0 Å². The van der Waals surface area contributed by atoms with E-state index >= 15 is 0 Å². The van der Waals surface area contributed by atoms with Gasteiger partial charge in [-0.15, -0.1) is 0 Å². The van der Waals surface area contributed by atoms with Crippen LogP contribution in [0.15, 0.2) is 54.6 Å². The molecule has 0 radical (unpaired) electrons. The molecule has 130 valence electrons. The van der Waals surface area contributed by atoms with Crippen LogP contribution in [-0.4, -0.2) is 17.4 Å². The average Bonchev–Trinajstić information content (AvgIpc) is 2.78. The largest absolute Gasteiger partial charge is 0.341 e. The van der Waals surface area contributed by atoms with Gasteiger partial charge in [0.05, 0.1) is 0 Å². The van der Waals surface area contributed by atoms with E-state index in [-0.39, 0.29) is 11.8 Å². The molecule has 1 atom stereocenters. The fraction of sp³-hybridized carbons (Fsp3) is 0.300. The zero-order valence-electron chi connectivity index (χ0n) is 13.9. The molecular weight excluding hydrogens is 319 g/mol. The maximum absolute atomic E-state index is 13.4. The van der Waals surface area contributed by atoms with Crippen molar-refractivity contribution >= 4 is 17.5 Å². The van der Waals surface area contributed by atoms with E-state index < -0.39 is 11.4 Å². The zero-order valence-corrected chi connectivity index (χ0v) is 13.9. The summed E-state index contributed by atoms with van der Waals surface area (Å²) in [5.41, 5.74) is 0.330. The summed E-state index contributed by atoms with van der Waals surface area (Å²) >= 11 is 0. The minimum Gasteiger partial charge on any atom is -0.341 e. The van der Waals surface area contributed by atoms with Gasteiger partial charge >= 0.3 is 0 Å². The van der Waals surface area contributed by atoms with Crippen LogP contribution in [-0.2, 0) is 16.0 Å². The van der Waals surface area contributed by atoms with Crippen LogP contribution in [0.1, 0.15) is 31.2 Å². The van der Waals surface area contributed by atoms with Crippen molar-refractivity contribution in [2.75, 3.05) is 5.32 Å². The second-order valence-corrected chi connectivity index (χ2v) is 6.46. The van der Waals surface area contributed by atoms with Crippen molar-refractivity contribution in [2.24, 2.45) is 0 Å². The Morgan fingerprint density at radius 1 is 1.12 bits per heavy atom. The number of carbonyl (C=O) groups excluding carboxylic acids is 2. The molecule has 2 aromatic carbocycles. The van der Waals surface area contributed by atoms with Crippen LogP contribution in [0.5, 0.6) is 0 Å². The highest BCUT2D eigenvalue weighted by Crippen LogP contribution is 2.26. The predicted molar refractivity (Wildman–Crippen MR) is 94.5 cm³/mol. The first-order valence-corrected chi connectivity index (χ1v) is 8.49. The Bertz CT molecular complexity index is 763. The van der Waals surface area contributed by atoms with Gasteiger partial charge in [-0.05, 0) is 36.6 Å². The van der Waals surface area contributed by atoms with E-state index in [9.17, 15) is 14.0 Å². The topological polar surface area (TPSA) is 58.2 Å². The summed E-state index contributed by atoms with van der Waals surface area (Å²) < 4.78 is 13.4. The number of anilines is 1. The molecule has 0 bridgehead atoms. The molecule has 1 unspecified atom stereocenters. The lowest BCUT2D eigenvalue weighted by atomic mass is 9.85. The summed E-state index contributed by atoms with van der Waals surface area (Å²) in [5, 5.41) is 5.70. The molecule has 0 aliphatic carbocycles. The van der Waals surface area contributed by atoms with Crippen molar-refractivity contribution in [3.63, 3.8) is 0 Å². The van der Waals surface area contributed by atoms with Crippen LogP contribution < -0.4 is 10.6 Å². The monoisotopic (exact) mass is 340 g/mol. The second kappa shape index (κ2) is 7.47. The molecule has 25 heavy (non-hydrogen) atoms. The number of rotatable bonds is 4. The molecule has 1 heterocycles. The molecule has 0 spiro atoms. The Labute approximate surface area is 146 Å². The van der Waals surface area contributed by atoms with E-state index in [2.05, 4.69) is 10.6 Å². The number of hydrogen-bond donors (Lipinski definition) is 2. The van der Waals surface area contributed by atoms with Crippen LogP contribution in [0, 0.1) is 5.82 Å². The van der Waals surface area contributed by atoms with E-state index in [4.69, 9.17) is 0 Å². The maximum atomic E-state index is 13.4. The van der Waals surface area contributed by atoms with Crippen molar-refractivity contribution in [1.29, 1.82) is 0 Å². The Morgan fingerprint density at radius 3 is 2.68 bits per heavy atom. The molecule has 1 aliphatic heterocycles. The summed E-state index contributed by atoms with van der Waals surface area (Å²) in [4.78, 5) is 25.2. The number of hydrogen-bond acceptors (Lipinski definition) is 2. The highest BCUT2D eigenvalue weighted by molar-refractivity contribution is 6.01. The SMILES string of the molecule is O=C1CCCCC(Cc2ccccc2)(C(=O)Nc2cccc(F)c2)N1. The summed E-state index contributed by atoms with van der Waals surface area (Å²) in [6, 6.07) is 15.4. The van der Waals surface area contributed by atoms with Crippen LogP contribution in [0.3, 0.4) is 0 Å². The lowest BCUT2D eigenvalue weighted by molar-refractivity contribution is -0.130. The fourth-order valence-electron chi connectivity index (χ4n) is 3.25. The van der Waals surface area contributed by atoms with E-state index in [0.717, 1.165) is 18.4 Å². The van der Waals surface area contributed by atoms with Gasteiger partial charge in [0.15, 0.2) is 0 Å². The Balaban J connectivity index is 1.89. The van der Waals surface area contributed by atoms with E-state index in [0.29, 0.717) is 24.9 Å². The Hall–Kier alpha value is -2.69. The van der Waals surface area contributed by atoms with Crippen molar-refractivity contribution < 1.29 is 14.0 Å². The molecule has 1 aliphatic rings. The summed E-state index contributed by atoms with van der Waals surface area (Å²) in [7, 11) is 0. The Morgan fingerprint density at radius 2 is 1.92 bits per heavy atom. The molecule has 0 aromatic heterocycles. The van der Waals surface area contributed by atoms with Gasteiger partial charge < -0.3 is 10.6 Å². The lowest BCUT2D eigenvalue weighted by Gasteiger charge is -2.32. The van der Waals surface area contributed by atoms with Crippen molar-refractivity contribution in [1.82, 2.24) is 5.32 Å². The van der Waals surface area contributed by atoms with Crippen LogP contribution in [0.2, 0.25) is 0 Å². The fourth-order valence-corrected chi connectivity index (χ4v) is 3.25. The van der Waals surface area contributed by atoms with Gasteiger partial charge in [0.25, 0.3) is 0 Å². The molecule has 1 saturated heterocycles. The quantitative estimate of drug-likeness (QED) is 0.896. The third-order valence-electron chi connectivity index (χ3n) is 4.50.